The van der Waals surface area contributed by atoms with Crippen LogP contribution in [0.25, 0.3) is 0 Å². The quantitative estimate of drug-likeness (QED) is 0.928. The van der Waals surface area contributed by atoms with Crippen LogP contribution in [-0.2, 0) is 6.54 Å². The van der Waals surface area contributed by atoms with E-state index in [9.17, 15) is 4.79 Å². The van der Waals surface area contributed by atoms with Gasteiger partial charge in [-0.05, 0) is 25.0 Å². The second kappa shape index (κ2) is 6.71. The monoisotopic (exact) mass is 333 g/mol. The molecule has 0 saturated heterocycles. The first-order chi connectivity index (χ1) is 10.6. The number of nitrogens with zero attached hydrogens (tertiary/aromatic N) is 2. The number of rotatable bonds is 3. The molecule has 0 spiro atoms. The molecule has 0 bridgehead atoms. The number of carbonyl (C=O) groups excluding carboxylic acids is 1. The Labute approximate surface area is 138 Å². The summed E-state index contributed by atoms with van der Waals surface area (Å²) in [5, 5.41) is 6.05. The lowest BCUT2D eigenvalue weighted by molar-refractivity contribution is 0.202. The number of fused-ring (bicyclic) bond motifs is 1. The van der Waals surface area contributed by atoms with Crippen molar-refractivity contribution in [3.8, 4) is 0 Å². The smallest absolute Gasteiger partial charge is 0.318 e. The summed E-state index contributed by atoms with van der Waals surface area (Å²) in [6, 6.07) is 6.53. The maximum absolute atomic E-state index is 12.4. The van der Waals surface area contributed by atoms with Crippen LogP contribution in [0.3, 0.4) is 0 Å². The summed E-state index contributed by atoms with van der Waals surface area (Å²) >= 11 is 3.44. The highest BCUT2D eigenvalue weighted by Crippen LogP contribution is 2.36. The third kappa shape index (κ3) is 3.44. The van der Waals surface area contributed by atoms with Crippen molar-refractivity contribution in [3.63, 3.8) is 0 Å². The molecule has 0 radical (unpaired) electrons. The normalized spacial score (nSPS) is 16.9. The average molecular weight is 333 g/mol. The van der Waals surface area contributed by atoms with E-state index < -0.39 is 0 Å². The van der Waals surface area contributed by atoms with Gasteiger partial charge < -0.3 is 10.2 Å². The van der Waals surface area contributed by atoms with E-state index in [1.807, 2.05) is 24.2 Å². The van der Waals surface area contributed by atoms with Crippen molar-refractivity contribution in [1.82, 2.24) is 15.2 Å². The third-order valence-corrected chi connectivity index (χ3v) is 5.59. The number of urea groups is 1. The van der Waals surface area contributed by atoms with Gasteiger partial charge in [0.1, 0.15) is 5.01 Å². The molecule has 0 fully saturated rings. The molecule has 1 aromatic carbocycles. The number of thioether (sulfide) groups is 1. The van der Waals surface area contributed by atoms with Crippen molar-refractivity contribution >= 4 is 29.1 Å². The van der Waals surface area contributed by atoms with Gasteiger partial charge >= 0.3 is 6.03 Å². The zero-order valence-electron chi connectivity index (χ0n) is 12.7. The molecule has 2 aromatic rings. The predicted octanol–water partition coefficient (Wildman–Crippen LogP) is 3.83. The number of hydrogen-bond acceptors (Lipinski definition) is 4. The Morgan fingerprint density at radius 1 is 1.50 bits per heavy atom. The van der Waals surface area contributed by atoms with Gasteiger partial charge in [0.05, 0.1) is 12.6 Å². The fourth-order valence-electron chi connectivity index (χ4n) is 2.53. The Balaban J connectivity index is 1.68. The van der Waals surface area contributed by atoms with Crippen LogP contribution < -0.4 is 5.32 Å². The van der Waals surface area contributed by atoms with Crippen molar-refractivity contribution in [1.29, 1.82) is 0 Å². The highest BCUT2D eigenvalue weighted by Gasteiger charge is 2.23. The van der Waals surface area contributed by atoms with Crippen molar-refractivity contribution in [3.05, 3.63) is 45.9 Å². The molecule has 1 atom stereocenters. The molecule has 0 saturated carbocycles. The van der Waals surface area contributed by atoms with E-state index in [1.54, 1.807) is 22.4 Å². The van der Waals surface area contributed by atoms with E-state index in [1.165, 1.54) is 16.0 Å². The summed E-state index contributed by atoms with van der Waals surface area (Å²) in [6.45, 7) is 2.64. The molecule has 1 aromatic heterocycles. The third-order valence-electron chi connectivity index (χ3n) is 3.71. The van der Waals surface area contributed by atoms with E-state index in [0.29, 0.717) is 6.54 Å². The second-order valence-electron chi connectivity index (χ2n) is 5.46. The van der Waals surface area contributed by atoms with Crippen LogP contribution in [0.4, 0.5) is 4.79 Å². The van der Waals surface area contributed by atoms with Gasteiger partial charge in [0.25, 0.3) is 0 Å². The molecular weight excluding hydrogens is 314 g/mol. The summed E-state index contributed by atoms with van der Waals surface area (Å²) in [7, 11) is 1.81. The minimum atomic E-state index is -0.0421. The highest BCUT2D eigenvalue weighted by molar-refractivity contribution is 7.99. The van der Waals surface area contributed by atoms with Crippen LogP contribution in [0.2, 0.25) is 0 Å². The summed E-state index contributed by atoms with van der Waals surface area (Å²) < 4.78 is 0. The molecule has 2 amide bonds. The Morgan fingerprint density at radius 3 is 3.14 bits per heavy atom. The Bertz CT molecular complexity index is 657. The van der Waals surface area contributed by atoms with Crippen LogP contribution in [0.1, 0.15) is 28.6 Å². The number of hydrogen-bond donors (Lipinski definition) is 1. The molecule has 22 heavy (non-hydrogen) atoms. The van der Waals surface area contributed by atoms with Crippen LogP contribution in [0, 0.1) is 6.92 Å². The molecule has 1 aliphatic heterocycles. The fourth-order valence-corrected chi connectivity index (χ4v) is 4.30. The van der Waals surface area contributed by atoms with Gasteiger partial charge in [-0.2, -0.15) is 0 Å². The highest BCUT2D eigenvalue weighted by atomic mass is 32.2. The van der Waals surface area contributed by atoms with Crippen molar-refractivity contribution in [2.45, 2.75) is 30.8 Å². The van der Waals surface area contributed by atoms with Gasteiger partial charge in [-0.3, -0.25) is 0 Å². The van der Waals surface area contributed by atoms with Gasteiger partial charge in [0, 0.05) is 29.3 Å². The Hall–Kier alpha value is -1.53. The van der Waals surface area contributed by atoms with E-state index >= 15 is 0 Å². The number of benzene rings is 1. The lowest BCUT2D eigenvalue weighted by atomic mass is 10.0. The van der Waals surface area contributed by atoms with Crippen LogP contribution in [0.15, 0.2) is 34.7 Å². The molecule has 1 aliphatic rings. The van der Waals surface area contributed by atoms with Crippen LogP contribution in [0.5, 0.6) is 0 Å². The lowest BCUT2D eigenvalue weighted by Crippen LogP contribution is -2.39. The molecule has 0 unspecified atom stereocenters. The largest absolute Gasteiger partial charge is 0.331 e. The maximum atomic E-state index is 12.4. The summed E-state index contributed by atoms with van der Waals surface area (Å²) in [4.78, 5) is 19.6. The summed E-state index contributed by atoms with van der Waals surface area (Å²) in [6.07, 6.45) is 2.74. The number of thiazole rings is 1. The maximum Gasteiger partial charge on any atom is 0.318 e. The standard InChI is InChI=1S/C16H19N3OS2/c1-11-3-4-14-12(9-11)13(5-7-21-14)18-16(20)19(2)10-15-17-6-8-22-15/h3-4,6,8-9,13H,5,7,10H2,1-2H3,(H,18,20)/t13-/m1/s1. The zero-order chi connectivity index (χ0) is 15.5. The SMILES string of the molecule is Cc1ccc2c(c1)[C@H](NC(=O)N(C)Cc1nccs1)CCS2. The molecule has 2 heterocycles. The van der Waals surface area contributed by atoms with Crippen molar-refractivity contribution in [2.24, 2.45) is 0 Å². The van der Waals surface area contributed by atoms with Gasteiger partial charge in [0.15, 0.2) is 0 Å². The van der Waals surface area contributed by atoms with Gasteiger partial charge in [-0.15, -0.1) is 23.1 Å². The van der Waals surface area contributed by atoms with E-state index in [4.69, 9.17) is 0 Å². The van der Waals surface area contributed by atoms with Crippen molar-refractivity contribution in [2.75, 3.05) is 12.8 Å². The van der Waals surface area contributed by atoms with E-state index in [-0.39, 0.29) is 12.1 Å². The Morgan fingerprint density at radius 2 is 2.36 bits per heavy atom. The molecular formula is C16H19N3OS2. The van der Waals surface area contributed by atoms with Crippen molar-refractivity contribution < 1.29 is 4.79 Å². The predicted molar refractivity (Wildman–Crippen MR) is 91.4 cm³/mol. The van der Waals surface area contributed by atoms with Gasteiger partial charge in [-0.1, -0.05) is 17.7 Å². The first-order valence-corrected chi connectivity index (χ1v) is 9.13. The topological polar surface area (TPSA) is 45.2 Å². The molecule has 3 rings (SSSR count). The molecule has 116 valence electrons. The van der Waals surface area contributed by atoms with Crippen LogP contribution in [-0.4, -0.2) is 28.7 Å². The number of amides is 2. The average Bonchev–Trinajstić information content (AvgIpc) is 3.00. The van der Waals surface area contributed by atoms with Crippen LogP contribution >= 0.6 is 23.1 Å². The summed E-state index contributed by atoms with van der Waals surface area (Å²) in [5.41, 5.74) is 2.48. The fraction of sp³-hybridized carbons (Fsp3) is 0.375. The van der Waals surface area contributed by atoms with Gasteiger partial charge in [0.2, 0.25) is 0 Å². The minimum absolute atomic E-state index is 0.0421. The molecule has 6 heteroatoms. The molecule has 4 nitrogen and oxygen atoms in total. The molecule has 0 aliphatic carbocycles. The zero-order valence-corrected chi connectivity index (χ0v) is 14.3. The number of nitrogens with one attached hydrogen (secondary N) is 1. The second-order valence-corrected chi connectivity index (χ2v) is 7.58. The number of aryl methyl sites for hydroxylation is 1. The number of carbonyl (C=O) groups is 1. The molecule has 1 N–H and O–H groups in total. The Kier molecular flexibility index (Phi) is 4.69. The van der Waals surface area contributed by atoms with Gasteiger partial charge in [-0.25, -0.2) is 9.78 Å². The number of aromatic nitrogens is 1. The minimum Gasteiger partial charge on any atom is -0.331 e. The first kappa shape index (κ1) is 15.4. The van der Waals surface area contributed by atoms with E-state index in [0.717, 1.165) is 17.2 Å². The first-order valence-electron chi connectivity index (χ1n) is 7.27. The lowest BCUT2D eigenvalue weighted by Gasteiger charge is -2.28. The summed E-state index contributed by atoms with van der Waals surface area (Å²) in [5.74, 6) is 1.04. The van der Waals surface area contributed by atoms with E-state index in [2.05, 4.69) is 35.4 Å².